The SMILES string of the molecule is COC(=O)CCC(=O)N1CC2CN(Cc3ccc[nH]3)CC2C1. The summed E-state index contributed by atoms with van der Waals surface area (Å²) in [6, 6.07) is 4.13. The number of amides is 1. The molecule has 0 aliphatic carbocycles. The molecule has 22 heavy (non-hydrogen) atoms. The summed E-state index contributed by atoms with van der Waals surface area (Å²) in [6.07, 6.45) is 2.40. The number of carbonyl (C=O) groups excluding carboxylic acids is 2. The number of rotatable bonds is 5. The topological polar surface area (TPSA) is 65.6 Å². The molecule has 0 spiro atoms. The number of nitrogens with one attached hydrogen (secondary N) is 1. The molecule has 3 rings (SSSR count). The van der Waals surface area contributed by atoms with E-state index in [2.05, 4.69) is 20.7 Å². The van der Waals surface area contributed by atoms with Gasteiger partial charge >= 0.3 is 5.97 Å². The average molecular weight is 305 g/mol. The fourth-order valence-corrected chi connectivity index (χ4v) is 3.60. The summed E-state index contributed by atoms with van der Waals surface area (Å²) in [7, 11) is 1.35. The highest BCUT2D eigenvalue weighted by atomic mass is 16.5. The molecule has 3 heterocycles. The largest absolute Gasteiger partial charge is 0.469 e. The van der Waals surface area contributed by atoms with Crippen molar-refractivity contribution in [2.24, 2.45) is 11.8 Å². The standard InChI is InChI=1S/C16H23N3O3/c1-22-16(21)5-4-15(20)19-9-12-7-18(8-13(12)10-19)11-14-3-2-6-17-14/h2-3,6,12-13,17H,4-5,7-11H2,1H3. The maximum Gasteiger partial charge on any atom is 0.306 e. The normalized spacial score (nSPS) is 24.5. The van der Waals surface area contributed by atoms with E-state index in [9.17, 15) is 9.59 Å². The van der Waals surface area contributed by atoms with Crippen molar-refractivity contribution in [1.82, 2.24) is 14.8 Å². The summed E-state index contributed by atoms with van der Waals surface area (Å²) < 4.78 is 4.58. The van der Waals surface area contributed by atoms with Gasteiger partial charge in [-0.15, -0.1) is 0 Å². The number of esters is 1. The molecule has 0 aromatic carbocycles. The van der Waals surface area contributed by atoms with Gasteiger partial charge in [0, 0.05) is 51.0 Å². The minimum absolute atomic E-state index is 0.0794. The molecule has 2 fully saturated rings. The molecule has 2 atom stereocenters. The van der Waals surface area contributed by atoms with Crippen molar-refractivity contribution in [2.45, 2.75) is 19.4 Å². The van der Waals surface area contributed by atoms with Crippen LogP contribution in [0.15, 0.2) is 18.3 Å². The molecule has 0 radical (unpaired) electrons. The first-order valence-electron chi connectivity index (χ1n) is 7.85. The first-order chi connectivity index (χ1) is 10.7. The molecule has 1 aromatic heterocycles. The number of H-pyrrole nitrogens is 1. The Labute approximate surface area is 130 Å². The first-order valence-corrected chi connectivity index (χ1v) is 7.85. The number of methoxy groups -OCH3 is 1. The van der Waals surface area contributed by atoms with Gasteiger partial charge in [-0.3, -0.25) is 14.5 Å². The fraction of sp³-hybridized carbons (Fsp3) is 0.625. The van der Waals surface area contributed by atoms with Crippen LogP contribution < -0.4 is 0 Å². The van der Waals surface area contributed by atoms with E-state index in [1.165, 1.54) is 12.8 Å². The maximum atomic E-state index is 12.1. The van der Waals surface area contributed by atoms with Crippen molar-refractivity contribution in [3.05, 3.63) is 24.0 Å². The number of hydrogen-bond acceptors (Lipinski definition) is 4. The van der Waals surface area contributed by atoms with Gasteiger partial charge in [-0.05, 0) is 24.0 Å². The lowest BCUT2D eigenvalue weighted by molar-refractivity contribution is -0.143. The summed E-state index contributed by atoms with van der Waals surface area (Å²) in [4.78, 5) is 30.9. The Balaban J connectivity index is 1.45. The quantitative estimate of drug-likeness (QED) is 0.819. The lowest BCUT2D eigenvalue weighted by Gasteiger charge is -2.21. The van der Waals surface area contributed by atoms with Gasteiger partial charge in [0.1, 0.15) is 0 Å². The van der Waals surface area contributed by atoms with Crippen LogP contribution in [0.2, 0.25) is 0 Å². The van der Waals surface area contributed by atoms with Crippen LogP contribution >= 0.6 is 0 Å². The van der Waals surface area contributed by atoms with E-state index in [-0.39, 0.29) is 24.7 Å². The van der Waals surface area contributed by atoms with Crippen molar-refractivity contribution < 1.29 is 14.3 Å². The van der Waals surface area contributed by atoms with E-state index in [0.717, 1.165) is 32.7 Å². The molecule has 2 aliphatic rings. The number of ether oxygens (including phenoxy) is 1. The predicted octanol–water partition coefficient (Wildman–Crippen LogP) is 0.858. The Hall–Kier alpha value is -1.82. The van der Waals surface area contributed by atoms with Gasteiger partial charge in [-0.2, -0.15) is 0 Å². The van der Waals surface area contributed by atoms with Crippen molar-refractivity contribution >= 4 is 11.9 Å². The Morgan fingerprint density at radius 2 is 1.95 bits per heavy atom. The Morgan fingerprint density at radius 1 is 1.23 bits per heavy atom. The Kier molecular flexibility index (Phi) is 4.47. The van der Waals surface area contributed by atoms with Gasteiger partial charge in [-0.1, -0.05) is 0 Å². The number of hydrogen-bond donors (Lipinski definition) is 1. The van der Waals surface area contributed by atoms with Crippen LogP contribution in [0, 0.1) is 11.8 Å². The van der Waals surface area contributed by atoms with Gasteiger partial charge in [0.2, 0.25) is 5.91 Å². The minimum Gasteiger partial charge on any atom is -0.469 e. The number of aromatic amines is 1. The van der Waals surface area contributed by atoms with Gasteiger partial charge < -0.3 is 14.6 Å². The molecule has 0 saturated carbocycles. The van der Waals surface area contributed by atoms with Crippen LogP contribution in [-0.2, 0) is 20.9 Å². The summed E-state index contributed by atoms with van der Waals surface area (Å²) in [5, 5.41) is 0. The van der Waals surface area contributed by atoms with Crippen LogP contribution in [0.3, 0.4) is 0 Å². The molecule has 6 heteroatoms. The van der Waals surface area contributed by atoms with Crippen LogP contribution in [0.4, 0.5) is 0 Å². The van der Waals surface area contributed by atoms with Crippen LogP contribution in [-0.4, -0.2) is 59.9 Å². The zero-order valence-corrected chi connectivity index (χ0v) is 13.0. The second-order valence-corrected chi connectivity index (χ2v) is 6.28. The van der Waals surface area contributed by atoms with Gasteiger partial charge in [-0.25, -0.2) is 0 Å². The van der Waals surface area contributed by atoms with Gasteiger partial charge in [0.15, 0.2) is 0 Å². The molecule has 1 N–H and O–H groups in total. The fourth-order valence-electron chi connectivity index (χ4n) is 3.60. The summed E-state index contributed by atoms with van der Waals surface area (Å²) in [5.41, 5.74) is 1.24. The highest BCUT2D eigenvalue weighted by Gasteiger charge is 2.41. The third-order valence-electron chi connectivity index (χ3n) is 4.74. The number of aromatic nitrogens is 1. The summed E-state index contributed by atoms with van der Waals surface area (Å²) in [5.74, 6) is 0.898. The number of carbonyl (C=O) groups is 2. The van der Waals surface area contributed by atoms with E-state index in [1.54, 1.807) is 0 Å². The van der Waals surface area contributed by atoms with E-state index >= 15 is 0 Å². The molecule has 120 valence electrons. The first kappa shape index (κ1) is 15.1. The Bertz CT molecular complexity index is 515. The van der Waals surface area contributed by atoms with Crippen molar-refractivity contribution in [2.75, 3.05) is 33.3 Å². The summed E-state index contributed by atoms with van der Waals surface area (Å²) in [6.45, 7) is 4.70. The molecule has 2 saturated heterocycles. The van der Waals surface area contributed by atoms with Crippen molar-refractivity contribution in [3.63, 3.8) is 0 Å². The second kappa shape index (κ2) is 6.52. The lowest BCUT2D eigenvalue weighted by atomic mass is 10.0. The smallest absolute Gasteiger partial charge is 0.306 e. The van der Waals surface area contributed by atoms with E-state index in [4.69, 9.17) is 0 Å². The summed E-state index contributed by atoms with van der Waals surface area (Å²) >= 11 is 0. The second-order valence-electron chi connectivity index (χ2n) is 6.28. The van der Waals surface area contributed by atoms with Crippen LogP contribution in [0.1, 0.15) is 18.5 Å². The third-order valence-corrected chi connectivity index (χ3v) is 4.74. The van der Waals surface area contributed by atoms with Crippen LogP contribution in [0.5, 0.6) is 0 Å². The maximum absolute atomic E-state index is 12.1. The zero-order valence-electron chi connectivity index (χ0n) is 13.0. The number of nitrogens with zero attached hydrogens (tertiary/aromatic N) is 2. The predicted molar refractivity (Wildman–Crippen MR) is 80.9 cm³/mol. The molecular weight excluding hydrogens is 282 g/mol. The van der Waals surface area contributed by atoms with E-state index in [1.807, 2.05) is 17.2 Å². The average Bonchev–Trinajstić information content (AvgIpc) is 3.20. The monoisotopic (exact) mass is 305 g/mol. The molecular formula is C16H23N3O3. The van der Waals surface area contributed by atoms with E-state index < -0.39 is 0 Å². The van der Waals surface area contributed by atoms with Gasteiger partial charge in [0.25, 0.3) is 0 Å². The minimum atomic E-state index is -0.315. The van der Waals surface area contributed by atoms with Crippen LogP contribution in [0.25, 0.3) is 0 Å². The van der Waals surface area contributed by atoms with Gasteiger partial charge in [0.05, 0.1) is 13.5 Å². The molecule has 6 nitrogen and oxygen atoms in total. The van der Waals surface area contributed by atoms with E-state index in [0.29, 0.717) is 11.8 Å². The highest BCUT2D eigenvalue weighted by molar-refractivity contribution is 5.81. The zero-order chi connectivity index (χ0) is 15.5. The molecule has 2 unspecified atom stereocenters. The molecule has 1 amide bonds. The number of fused-ring (bicyclic) bond motifs is 1. The highest BCUT2D eigenvalue weighted by Crippen LogP contribution is 2.32. The lowest BCUT2D eigenvalue weighted by Crippen LogP contribution is -2.33. The molecule has 2 aliphatic heterocycles. The number of likely N-dealkylation sites (tertiary alicyclic amines) is 2. The Morgan fingerprint density at radius 3 is 2.55 bits per heavy atom. The van der Waals surface area contributed by atoms with Crippen molar-refractivity contribution in [3.8, 4) is 0 Å². The molecule has 1 aromatic rings. The van der Waals surface area contributed by atoms with Crippen molar-refractivity contribution in [1.29, 1.82) is 0 Å². The third kappa shape index (κ3) is 3.32. The molecule has 0 bridgehead atoms.